The molecular formula is C23H28N2O4. The number of para-hydroxylation sites is 1. The standard InChI is InChI=1S/C23H28N2O4/c1-24(12-13-27-19-6-3-2-4-7-19)17-23(26)25-11-5-8-20(25)18-9-10-21-22(16-18)29-15-14-28-21/h2-4,6-7,9-10,16,20H,5,8,11-15,17H2,1H3. The molecule has 2 aromatic rings. The predicted octanol–water partition coefficient (Wildman–Crippen LogP) is 3.13. The fourth-order valence-electron chi connectivity index (χ4n) is 3.92. The van der Waals surface area contributed by atoms with E-state index in [1.807, 2.05) is 59.3 Å². The molecule has 6 heteroatoms. The summed E-state index contributed by atoms with van der Waals surface area (Å²) in [6, 6.07) is 15.9. The molecule has 2 aliphatic heterocycles. The molecule has 1 atom stereocenters. The molecule has 0 radical (unpaired) electrons. The summed E-state index contributed by atoms with van der Waals surface area (Å²) in [6.07, 6.45) is 2.00. The number of amides is 1. The van der Waals surface area contributed by atoms with Crippen molar-refractivity contribution in [3.63, 3.8) is 0 Å². The van der Waals surface area contributed by atoms with Crippen molar-refractivity contribution in [1.82, 2.24) is 9.80 Å². The third kappa shape index (κ3) is 4.82. The van der Waals surface area contributed by atoms with Crippen molar-refractivity contribution >= 4 is 5.91 Å². The fourth-order valence-corrected chi connectivity index (χ4v) is 3.92. The zero-order valence-electron chi connectivity index (χ0n) is 16.9. The van der Waals surface area contributed by atoms with Crippen LogP contribution in [-0.4, -0.2) is 62.2 Å². The van der Waals surface area contributed by atoms with Gasteiger partial charge >= 0.3 is 0 Å². The van der Waals surface area contributed by atoms with E-state index in [1.54, 1.807) is 0 Å². The third-order valence-corrected chi connectivity index (χ3v) is 5.41. The van der Waals surface area contributed by atoms with Crippen LogP contribution in [0.25, 0.3) is 0 Å². The lowest BCUT2D eigenvalue weighted by Crippen LogP contribution is -2.39. The minimum absolute atomic E-state index is 0.104. The topological polar surface area (TPSA) is 51.2 Å². The number of likely N-dealkylation sites (N-methyl/N-ethyl adjacent to an activating group) is 1. The summed E-state index contributed by atoms with van der Waals surface area (Å²) in [5, 5.41) is 0. The van der Waals surface area contributed by atoms with Crippen molar-refractivity contribution in [2.75, 3.05) is 46.5 Å². The van der Waals surface area contributed by atoms with Gasteiger partial charge in [-0.3, -0.25) is 9.69 Å². The number of carbonyl (C=O) groups excluding carboxylic acids is 1. The molecule has 1 saturated heterocycles. The van der Waals surface area contributed by atoms with E-state index in [1.165, 1.54) is 0 Å². The van der Waals surface area contributed by atoms with Gasteiger partial charge in [0.1, 0.15) is 25.6 Å². The SMILES string of the molecule is CN(CCOc1ccccc1)CC(=O)N1CCCC1c1ccc2c(c1)OCCO2. The molecule has 154 valence electrons. The number of fused-ring (bicyclic) bond motifs is 1. The largest absolute Gasteiger partial charge is 0.492 e. The Balaban J connectivity index is 1.31. The maximum atomic E-state index is 12.9. The minimum atomic E-state index is 0.104. The van der Waals surface area contributed by atoms with Crippen molar-refractivity contribution in [2.45, 2.75) is 18.9 Å². The molecule has 29 heavy (non-hydrogen) atoms. The van der Waals surface area contributed by atoms with Crippen molar-refractivity contribution in [3.8, 4) is 17.2 Å². The summed E-state index contributed by atoms with van der Waals surface area (Å²) in [5.74, 6) is 2.58. The predicted molar refractivity (Wildman–Crippen MR) is 111 cm³/mol. The number of hydrogen-bond acceptors (Lipinski definition) is 5. The van der Waals surface area contributed by atoms with E-state index in [0.717, 1.165) is 42.2 Å². The van der Waals surface area contributed by atoms with Gasteiger partial charge in [-0.25, -0.2) is 0 Å². The first-order valence-electron chi connectivity index (χ1n) is 10.3. The zero-order valence-corrected chi connectivity index (χ0v) is 16.9. The Labute approximate surface area is 172 Å². The molecule has 4 rings (SSSR count). The Morgan fingerprint density at radius 3 is 2.76 bits per heavy atom. The number of benzene rings is 2. The van der Waals surface area contributed by atoms with Gasteiger partial charge in [0, 0.05) is 13.1 Å². The average molecular weight is 396 g/mol. The highest BCUT2D eigenvalue weighted by molar-refractivity contribution is 5.79. The first kappa shape index (κ1) is 19.6. The van der Waals surface area contributed by atoms with E-state index in [0.29, 0.717) is 32.9 Å². The Kier molecular flexibility index (Phi) is 6.20. The number of rotatable bonds is 7. The van der Waals surface area contributed by atoms with Crippen LogP contribution in [0.5, 0.6) is 17.2 Å². The molecular weight excluding hydrogens is 368 g/mol. The van der Waals surface area contributed by atoms with Gasteiger partial charge in [-0.1, -0.05) is 24.3 Å². The van der Waals surface area contributed by atoms with Gasteiger partial charge in [0.15, 0.2) is 11.5 Å². The second-order valence-corrected chi connectivity index (χ2v) is 7.55. The lowest BCUT2D eigenvalue weighted by molar-refractivity contribution is -0.133. The number of likely N-dealkylation sites (tertiary alicyclic amines) is 1. The van der Waals surface area contributed by atoms with E-state index in [-0.39, 0.29) is 11.9 Å². The average Bonchev–Trinajstić information content (AvgIpc) is 3.24. The van der Waals surface area contributed by atoms with E-state index in [9.17, 15) is 4.79 Å². The molecule has 1 unspecified atom stereocenters. The molecule has 0 N–H and O–H groups in total. The van der Waals surface area contributed by atoms with Crippen molar-refractivity contribution in [1.29, 1.82) is 0 Å². The van der Waals surface area contributed by atoms with Gasteiger partial charge < -0.3 is 19.1 Å². The zero-order chi connectivity index (χ0) is 20.1. The molecule has 6 nitrogen and oxygen atoms in total. The fraction of sp³-hybridized carbons (Fsp3) is 0.435. The Morgan fingerprint density at radius 1 is 1.14 bits per heavy atom. The summed E-state index contributed by atoms with van der Waals surface area (Å²) in [6.45, 7) is 3.59. The monoisotopic (exact) mass is 396 g/mol. The molecule has 1 amide bonds. The molecule has 0 aliphatic carbocycles. The van der Waals surface area contributed by atoms with Crippen molar-refractivity contribution < 1.29 is 19.0 Å². The van der Waals surface area contributed by atoms with Gasteiger partial charge in [-0.05, 0) is 49.7 Å². The second-order valence-electron chi connectivity index (χ2n) is 7.55. The van der Waals surface area contributed by atoms with Gasteiger partial charge in [0.2, 0.25) is 5.91 Å². The molecule has 2 heterocycles. The molecule has 0 spiro atoms. The van der Waals surface area contributed by atoms with Gasteiger partial charge in [-0.2, -0.15) is 0 Å². The molecule has 0 bridgehead atoms. The number of hydrogen-bond donors (Lipinski definition) is 0. The van der Waals surface area contributed by atoms with E-state index >= 15 is 0 Å². The third-order valence-electron chi connectivity index (χ3n) is 5.41. The summed E-state index contributed by atoms with van der Waals surface area (Å²) in [5.41, 5.74) is 1.12. The van der Waals surface area contributed by atoms with E-state index < -0.39 is 0 Å². The number of carbonyl (C=O) groups is 1. The van der Waals surface area contributed by atoms with Crippen LogP contribution in [0.4, 0.5) is 0 Å². The lowest BCUT2D eigenvalue weighted by atomic mass is 10.0. The van der Waals surface area contributed by atoms with Crippen LogP contribution in [0.3, 0.4) is 0 Å². The normalized spacial score (nSPS) is 18.1. The van der Waals surface area contributed by atoms with E-state index in [2.05, 4.69) is 6.07 Å². The number of nitrogens with zero attached hydrogens (tertiary/aromatic N) is 2. The first-order chi connectivity index (χ1) is 14.2. The minimum Gasteiger partial charge on any atom is -0.492 e. The van der Waals surface area contributed by atoms with Crippen LogP contribution in [0.1, 0.15) is 24.4 Å². The smallest absolute Gasteiger partial charge is 0.237 e. The van der Waals surface area contributed by atoms with Crippen LogP contribution < -0.4 is 14.2 Å². The molecule has 2 aliphatic rings. The van der Waals surface area contributed by atoms with Crippen LogP contribution in [0.15, 0.2) is 48.5 Å². The number of ether oxygens (including phenoxy) is 3. The van der Waals surface area contributed by atoms with Crippen molar-refractivity contribution in [3.05, 3.63) is 54.1 Å². The van der Waals surface area contributed by atoms with Crippen LogP contribution >= 0.6 is 0 Å². The highest BCUT2D eigenvalue weighted by Crippen LogP contribution is 2.38. The van der Waals surface area contributed by atoms with Crippen LogP contribution in [0, 0.1) is 0 Å². The lowest BCUT2D eigenvalue weighted by Gasteiger charge is -2.28. The first-order valence-corrected chi connectivity index (χ1v) is 10.3. The summed E-state index contributed by atoms with van der Waals surface area (Å²) in [7, 11) is 1.96. The maximum absolute atomic E-state index is 12.9. The van der Waals surface area contributed by atoms with Crippen LogP contribution in [0.2, 0.25) is 0 Å². The summed E-state index contributed by atoms with van der Waals surface area (Å²) < 4.78 is 17.1. The Hall–Kier alpha value is -2.73. The highest BCUT2D eigenvalue weighted by atomic mass is 16.6. The van der Waals surface area contributed by atoms with Crippen molar-refractivity contribution in [2.24, 2.45) is 0 Å². The summed E-state index contributed by atoms with van der Waals surface area (Å²) >= 11 is 0. The van der Waals surface area contributed by atoms with Gasteiger partial charge in [0.25, 0.3) is 0 Å². The Bertz CT molecular complexity index is 827. The molecule has 2 aromatic carbocycles. The highest BCUT2D eigenvalue weighted by Gasteiger charge is 2.31. The molecule has 1 fully saturated rings. The van der Waals surface area contributed by atoms with Crippen LogP contribution in [-0.2, 0) is 4.79 Å². The van der Waals surface area contributed by atoms with E-state index in [4.69, 9.17) is 14.2 Å². The molecule has 0 aromatic heterocycles. The molecule has 0 saturated carbocycles. The van der Waals surface area contributed by atoms with Gasteiger partial charge in [-0.15, -0.1) is 0 Å². The van der Waals surface area contributed by atoms with Gasteiger partial charge in [0.05, 0.1) is 12.6 Å². The quantitative estimate of drug-likeness (QED) is 0.720. The Morgan fingerprint density at radius 2 is 1.93 bits per heavy atom. The second kappa shape index (κ2) is 9.18. The summed E-state index contributed by atoms with van der Waals surface area (Å²) in [4.78, 5) is 17.0. The maximum Gasteiger partial charge on any atom is 0.237 e.